The van der Waals surface area contributed by atoms with Crippen LogP contribution in [0.1, 0.15) is 17.0 Å². The summed E-state index contributed by atoms with van der Waals surface area (Å²) in [6, 6.07) is 12.8. The first-order valence-corrected chi connectivity index (χ1v) is 6.82. The highest BCUT2D eigenvalue weighted by Crippen LogP contribution is 2.20. The summed E-state index contributed by atoms with van der Waals surface area (Å²) in [7, 11) is 0. The third-order valence-electron chi connectivity index (χ3n) is 3.12. The van der Waals surface area contributed by atoms with Crippen LogP contribution in [-0.2, 0) is 17.6 Å². The van der Waals surface area contributed by atoms with Gasteiger partial charge in [0.05, 0.1) is 6.42 Å². The number of halogens is 1. The molecule has 4 nitrogen and oxygen atoms in total. The van der Waals surface area contributed by atoms with E-state index in [-0.39, 0.29) is 6.42 Å². The van der Waals surface area contributed by atoms with Crippen LogP contribution in [-0.4, -0.2) is 16.1 Å². The van der Waals surface area contributed by atoms with E-state index in [1.165, 1.54) is 0 Å². The predicted molar refractivity (Wildman–Crippen MR) is 79.6 cm³/mol. The van der Waals surface area contributed by atoms with Gasteiger partial charge in [0, 0.05) is 11.4 Å². The van der Waals surface area contributed by atoms with Gasteiger partial charge in [-0.15, -0.1) is 0 Å². The molecule has 0 saturated carbocycles. The van der Waals surface area contributed by atoms with E-state index in [0.717, 1.165) is 11.1 Å². The highest BCUT2D eigenvalue weighted by atomic mass is 35.5. The standard InChI is InChI=1S/C16H12ClNO3/c17-12-4-1-10(2-5-12)8-15-18-13-6-3-11(9-16(19)20)7-14(13)21-15/h1-7H,8-9H2,(H,19,20). The van der Waals surface area contributed by atoms with Crippen molar-refractivity contribution in [1.82, 2.24) is 4.98 Å². The molecule has 0 radical (unpaired) electrons. The van der Waals surface area contributed by atoms with Gasteiger partial charge in [-0.25, -0.2) is 4.98 Å². The molecule has 0 unspecified atom stereocenters. The Morgan fingerprint density at radius 2 is 1.86 bits per heavy atom. The van der Waals surface area contributed by atoms with Crippen molar-refractivity contribution in [3.05, 3.63) is 64.5 Å². The fourth-order valence-corrected chi connectivity index (χ4v) is 2.28. The van der Waals surface area contributed by atoms with Crippen LogP contribution in [0, 0.1) is 0 Å². The first-order valence-electron chi connectivity index (χ1n) is 6.45. The van der Waals surface area contributed by atoms with E-state index < -0.39 is 5.97 Å². The summed E-state index contributed by atoms with van der Waals surface area (Å²) in [6.45, 7) is 0. The molecule has 0 atom stereocenters. The Balaban J connectivity index is 1.86. The Morgan fingerprint density at radius 3 is 2.57 bits per heavy atom. The Labute approximate surface area is 126 Å². The van der Waals surface area contributed by atoms with Gasteiger partial charge in [0.15, 0.2) is 11.5 Å². The molecule has 0 spiro atoms. The largest absolute Gasteiger partial charge is 0.481 e. The van der Waals surface area contributed by atoms with E-state index in [4.69, 9.17) is 21.1 Å². The van der Waals surface area contributed by atoms with E-state index in [9.17, 15) is 4.79 Å². The zero-order chi connectivity index (χ0) is 14.8. The molecule has 3 rings (SSSR count). The van der Waals surface area contributed by atoms with E-state index >= 15 is 0 Å². The van der Waals surface area contributed by atoms with Crippen LogP contribution >= 0.6 is 11.6 Å². The molecule has 3 aromatic rings. The van der Waals surface area contributed by atoms with Gasteiger partial charge in [-0.1, -0.05) is 29.8 Å². The second-order valence-electron chi connectivity index (χ2n) is 4.78. The zero-order valence-corrected chi connectivity index (χ0v) is 11.8. The number of carboxylic acids is 1. The quantitative estimate of drug-likeness (QED) is 0.798. The van der Waals surface area contributed by atoms with Gasteiger partial charge in [0.2, 0.25) is 0 Å². The smallest absolute Gasteiger partial charge is 0.307 e. The summed E-state index contributed by atoms with van der Waals surface area (Å²) in [5.41, 5.74) is 3.09. The molecule has 21 heavy (non-hydrogen) atoms. The first kappa shape index (κ1) is 13.6. The maximum Gasteiger partial charge on any atom is 0.307 e. The van der Waals surface area contributed by atoms with Crippen molar-refractivity contribution in [3.8, 4) is 0 Å². The minimum absolute atomic E-state index is 0.0246. The summed E-state index contributed by atoms with van der Waals surface area (Å²) in [5.74, 6) is -0.268. The van der Waals surface area contributed by atoms with Crippen molar-refractivity contribution >= 4 is 28.7 Å². The topological polar surface area (TPSA) is 63.3 Å². The number of rotatable bonds is 4. The van der Waals surface area contributed by atoms with Crippen molar-refractivity contribution in [1.29, 1.82) is 0 Å². The molecule has 0 aliphatic carbocycles. The number of hydrogen-bond donors (Lipinski definition) is 1. The van der Waals surface area contributed by atoms with Gasteiger partial charge >= 0.3 is 5.97 Å². The van der Waals surface area contributed by atoms with Gasteiger partial charge in [-0.05, 0) is 35.4 Å². The SMILES string of the molecule is O=C(O)Cc1ccc2nc(Cc3ccc(Cl)cc3)oc2c1. The van der Waals surface area contributed by atoms with E-state index in [0.29, 0.717) is 28.5 Å². The van der Waals surface area contributed by atoms with E-state index in [1.54, 1.807) is 18.2 Å². The summed E-state index contributed by atoms with van der Waals surface area (Å²) in [4.78, 5) is 15.1. The molecule has 1 aromatic heterocycles. The Morgan fingerprint density at radius 1 is 1.14 bits per heavy atom. The summed E-state index contributed by atoms with van der Waals surface area (Å²) < 4.78 is 5.69. The van der Waals surface area contributed by atoms with Crippen molar-refractivity contribution in [2.24, 2.45) is 0 Å². The average Bonchev–Trinajstić information content (AvgIpc) is 2.82. The third kappa shape index (κ3) is 3.23. The van der Waals surface area contributed by atoms with Crippen molar-refractivity contribution in [2.75, 3.05) is 0 Å². The first-order chi connectivity index (χ1) is 10.1. The number of aromatic nitrogens is 1. The molecule has 1 N–H and O–H groups in total. The molecular weight excluding hydrogens is 290 g/mol. The molecule has 0 saturated heterocycles. The highest BCUT2D eigenvalue weighted by molar-refractivity contribution is 6.30. The molecule has 106 valence electrons. The fraction of sp³-hybridized carbons (Fsp3) is 0.125. The normalized spacial score (nSPS) is 10.9. The van der Waals surface area contributed by atoms with Crippen LogP contribution in [0.4, 0.5) is 0 Å². The van der Waals surface area contributed by atoms with Gasteiger partial charge in [-0.3, -0.25) is 4.79 Å². The molecular formula is C16H12ClNO3. The van der Waals surface area contributed by atoms with Gasteiger partial charge < -0.3 is 9.52 Å². The molecule has 0 aliphatic rings. The third-order valence-corrected chi connectivity index (χ3v) is 3.37. The van der Waals surface area contributed by atoms with Crippen LogP contribution < -0.4 is 0 Å². The van der Waals surface area contributed by atoms with Crippen molar-refractivity contribution < 1.29 is 14.3 Å². The number of aliphatic carboxylic acids is 1. The molecule has 5 heteroatoms. The maximum atomic E-state index is 10.7. The highest BCUT2D eigenvalue weighted by Gasteiger charge is 2.09. The number of fused-ring (bicyclic) bond motifs is 1. The van der Waals surface area contributed by atoms with Gasteiger partial charge in [0.1, 0.15) is 5.52 Å². The molecule has 0 aliphatic heterocycles. The molecule has 2 aromatic carbocycles. The number of carboxylic acid groups (broad SMARTS) is 1. The zero-order valence-electron chi connectivity index (χ0n) is 11.0. The maximum absolute atomic E-state index is 10.7. The van der Waals surface area contributed by atoms with Gasteiger partial charge in [0.25, 0.3) is 0 Å². The monoisotopic (exact) mass is 301 g/mol. The van der Waals surface area contributed by atoms with Crippen LogP contribution in [0.2, 0.25) is 5.02 Å². The molecule has 0 bridgehead atoms. The number of carbonyl (C=O) groups is 1. The number of nitrogens with zero attached hydrogens (tertiary/aromatic N) is 1. The van der Waals surface area contributed by atoms with Crippen LogP contribution in [0.5, 0.6) is 0 Å². The molecule has 0 amide bonds. The predicted octanol–water partition coefficient (Wildman–Crippen LogP) is 3.70. The second kappa shape index (κ2) is 5.58. The lowest BCUT2D eigenvalue weighted by molar-refractivity contribution is -0.136. The second-order valence-corrected chi connectivity index (χ2v) is 5.22. The lowest BCUT2D eigenvalue weighted by atomic mass is 10.1. The van der Waals surface area contributed by atoms with Crippen molar-refractivity contribution in [3.63, 3.8) is 0 Å². The lowest BCUT2D eigenvalue weighted by Gasteiger charge is -1.97. The van der Waals surface area contributed by atoms with E-state index in [2.05, 4.69) is 4.98 Å². The van der Waals surface area contributed by atoms with E-state index in [1.807, 2.05) is 24.3 Å². The minimum atomic E-state index is -0.866. The van der Waals surface area contributed by atoms with Gasteiger partial charge in [-0.2, -0.15) is 0 Å². The summed E-state index contributed by atoms with van der Waals surface area (Å²) >= 11 is 5.85. The minimum Gasteiger partial charge on any atom is -0.481 e. The summed E-state index contributed by atoms with van der Waals surface area (Å²) in [5, 5.41) is 9.49. The van der Waals surface area contributed by atoms with Crippen LogP contribution in [0.25, 0.3) is 11.1 Å². The van der Waals surface area contributed by atoms with Crippen LogP contribution in [0.15, 0.2) is 46.9 Å². The Hall–Kier alpha value is -2.33. The van der Waals surface area contributed by atoms with Crippen LogP contribution in [0.3, 0.4) is 0 Å². The Bertz CT molecular complexity index is 793. The average molecular weight is 302 g/mol. The van der Waals surface area contributed by atoms with Crippen molar-refractivity contribution in [2.45, 2.75) is 12.8 Å². The fourth-order valence-electron chi connectivity index (χ4n) is 2.15. The number of oxazole rings is 1. The number of benzene rings is 2. The molecule has 1 heterocycles. The Kier molecular flexibility index (Phi) is 3.62. The number of hydrogen-bond acceptors (Lipinski definition) is 3. The molecule has 0 fully saturated rings. The summed E-state index contributed by atoms with van der Waals surface area (Å²) in [6.07, 6.45) is 0.545. The lowest BCUT2D eigenvalue weighted by Crippen LogP contribution is -1.99.